The number of alkyl halides is 3. The van der Waals surface area contributed by atoms with Gasteiger partial charge in [0.2, 0.25) is 5.95 Å². The number of thiazole rings is 1. The first-order chi connectivity index (χ1) is 18.0. The Balaban J connectivity index is 1.57. The zero-order valence-electron chi connectivity index (χ0n) is 21.0. The second-order valence-corrected chi connectivity index (χ2v) is 10.2. The van der Waals surface area contributed by atoms with Crippen molar-refractivity contribution in [3.63, 3.8) is 0 Å². The molecule has 0 N–H and O–H groups in total. The van der Waals surface area contributed by atoms with Crippen molar-refractivity contribution in [2.45, 2.75) is 32.0 Å². The van der Waals surface area contributed by atoms with E-state index in [-0.39, 0.29) is 29.4 Å². The van der Waals surface area contributed by atoms with Crippen LogP contribution in [-0.4, -0.2) is 65.1 Å². The topological polar surface area (TPSA) is 81.4 Å². The van der Waals surface area contributed by atoms with Crippen molar-refractivity contribution in [1.82, 2.24) is 24.7 Å². The van der Waals surface area contributed by atoms with E-state index >= 15 is 4.39 Å². The molecule has 0 aliphatic carbocycles. The van der Waals surface area contributed by atoms with Crippen LogP contribution in [-0.2, 0) is 22.4 Å². The second-order valence-electron chi connectivity index (χ2n) is 9.18. The van der Waals surface area contributed by atoms with Crippen LogP contribution in [0.1, 0.15) is 24.2 Å². The van der Waals surface area contributed by atoms with Gasteiger partial charge >= 0.3 is 6.18 Å². The predicted molar refractivity (Wildman–Crippen MR) is 135 cm³/mol. The summed E-state index contributed by atoms with van der Waals surface area (Å²) in [7, 11) is 5.19. The third-order valence-corrected chi connectivity index (χ3v) is 7.21. The van der Waals surface area contributed by atoms with Crippen LogP contribution < -0.4 is 9.80 Å². The minimum Gasteiger partial charge on any atom is -0.367 e. The SMILES string of the molecule is COCn1cc(C2CN(c3nc(-c4ccc(C(F)(F)F)cc4F)c4sc(N(C)C)nc4n3)CC(C)O2)cn1. The van der Waals surface area contributed by atoms with Crippen LogP contribution in [0.5, 0.6) is 0 Å². The molecule has 1 fully saturated rings. The van der Waals surface area contributed by atoms with Crippen LogP contribution in [0.25, 0.3) is 21.6 Å². The molecule has 5 rings (SSSR count). The van der Waals surface area contributed by atoms with E-state index in [0.717, 1.165) is 17.7 Å². The fraction of sp³-hybridized carbons (Fsp3) is 0.417. The molecule has 2 unspecified atom stereocenters. The Hall–Kier alpha value is -3.36. The van der Waals surface area contributed by atoms with E-state index in [2.05, 4.69) is 20.1 Å². The molecule has 0 radical (unpaired) electrons. The van der Waals surface area contributed by atoms with Crippen molar-refractivity contribution >= 4 is 32.8 Å². The van der Waals surface area contributed by atoms with Gasteiger partial charge < -0.3 is 19.3 Å². The number of anilines is 2. The van der Waals surface area contributed by atoms with Gasteiger partial charge in [-0.15, -0.1) is 0 Å². The molecule has 38 heavy (non-hydrogen) atoms. The van der Waals surface area contributed by atoms with Gasteiger partial charge in [-0.05, 0) is 25.1 Å². The highest BCUT2D eigenvalue weighted by molar-refractivity contribution is 7.22. The quantitative estimate of drug-likeness (QED) is 0.318. The van der Waals surface area contributed by atoms with Crippen molar-refractivity contribution in [2.75, 3.05) is 44.1 Å². The smallest absolute Gasteiger partial charge is 0.367 e. The molecule has 3 aromatic heterocycles. The minimum absolute atomic E-state index is 0.0562. The summed E-state index contributed by atoms with van der Waals surface area (Å²) in [5.41, 5.74) is 0.241. The average Bonchev–Trinajstić information content (AvgIpc) is 3.50. The van der Waals surface area contributed by atoms with E-state index in [1.807, 2.05) is 32.1 Å². The first kappa shape index (κ1) is 26.3. The Kier molecular flexibility index (Phi) is 6.96. The van der Waals surface area contributed by atoms with Crippen molar-refractivity contribution in [2.24, 2.45) is 0 Å². The van der Waals surface area contributed by atoms with Gasteiger partial charge in [0.1, 0.15) is 23.4 Å². The molecule has 1 aromatic carbocycles. The number of hydrogen-bond donors (Lipinski definition) is 0. The number of hydrogen-bond acceptors (Lipinski definition) is 9. The lowest BCUT2D eigenvalue weighted by molar-refractivity contribution is -0.137. The van der Waals surface area contributed by atoms with Gasteiger partial charge in [0, 0.05) is 45.1 Å². The third kappa shape index (κ3) is 5.15. The number of halogens is 4. The Bertz CT molecular complexity index is 1460. The van der Waals surface area contributed by atoms with Gasteiger partial charge in [0.05, 0.1) is 30.1 Å². The number of aromatic nitrogens is 5. The number of morpholine rings is 1. The molecule has 0 amide bonds. The molecule has 4 heterocycles. The van der Waals surface area contributed by atoms with E-state index in [4.69, 9.17) is 9.47 Å². The summed E-state index contributed by atoms with van der Waals surface area (Å²) in [6.45, 7) is 3.05. The van der Waals surface area contributed by atoms with Crippen molar-refractivity contribution in [3.05, 3.63) is 47.5 Å². The van der Waals surface area contributed by atoms with Crippen LogP contribution >= 0.6 is 11.3 Å². The zero-order chi connectivity index (χ0) is 27.2. The van der Waals surface area contributed by atoms with Gasteiger partial charge in [-0.2, -0.15) is 28.2 Å². The summed E-state index contributed by atoms with van der Waals surface area (Å²) >= 11 is 1.24. The predicted octanol–water partition coefficient (Wildman–Crippen LogP) is 4.74. The Labute approximate surface area is 219 Å². The van der Waals surface area contributed by atoms with Crippen LogP contribution in [0, 0.1) is 5.82 Å². The molecule has 14 heteroatoms. The maximum absolute atomic E-state index is 15.1. The number of benzene rings is 1. The van der Waals surface area contributed by atoms with Crippen LogP contribution in [0.4, 0.5) is 28.6 Å². The number of methoxy groups -OCH3 is 1. The lowest BCUT2D eigenvalue weighted by Gasteiger charge is -2.36. The summed E-state index contributed by atoms with van der Waals surface area (Å²) in [5, 5.41) is 4.89. The number of nitrogens with zero attached hydrogens (tertiary/aromatic N) is 7. The molecule has 0 spiro atoms. The highest BCUT2D eigenvalue weighted by atomic mass is 32.1. The largest absolute Gasteiger partial charge is 0.416 e. The van der Waals surface area contributed by atoms with Gasteiger partial charge in [-0.1, -0.05) is 11.3 Å². The van der Waals surface area contributed by atoms with Gasteiger partial charge in [0.15, 0.2) is 10.8 Å². The summed E-state index contributed by atoms with van der Waals surface area (Å²) < 4.78 is 68.0. The molecule has 202 valence electrons. The first-order valence-electron chi connectivity index (χ1n) is 11.7. The summed E-state index contributed by atoms with van der Waals surface area (Å²) in [5.74, 6) is -0.740. The first-order valence-corrected chi connectivity index (χ1v) is 12.5. The van der Waals surface area contributed by atoms with E-state index in [9.17, 15) is 13.2 Å². The molecule has 0 saturated carbocycles. The maximum Gasteiger partial charge on any atom is 0.416 e. The van der Waals surface area contributed by atoms with Crippen molar-refractivity contribution < 1.29 is 27.0 Å². The average molecular weight is 552 g/mol. The summed E-state index contributed by atoms with van der Waals surface area (Å²) in [6.07, 6.45) is -1.66. The summed E-state index contributed by atoms with van der Waals surface area (Å²) in [4.78, 5) is 17.6. The molecule has 0 bridgehead atoms. The van der Waals surface area contributed by atoms with E-state index in [1.165, 1.54) is 11.3 Å². The Morgan fingerprint density at radius 2 is 1.97 bits per heavy atom. The van der Waals surface area contributed by atoms with Crippen LogP contribution in [0.2, 0.25) is 0 Å². The van der Waals surface area contributed by atoms with Crippen molar-refractivity contribution in [1.29, 1.82) is 0 Å². The monoisotopic (exact) mass is 551 g/mol. The second kappa shape index (κ2) is 10.1. The highest BCUT2D eigenvalue weighted by Crippen LogP contribution is 2.39. The van der Waals surface area contributed by atoms with Gasteiger partial charge in [0.25, 0.3) is 0 Å². The molecular formula is C24H25F4N7O2S. The van der Waals surface area contributed by atoms with E-state index < -0.39 is 17.6 Å². The van der Waals surface area contributed by atoms with Crippen LogP contribution in [0.3, 0.4) is 0 Å². The van der Waals surface area contributed by atoms with Gasteiger partial charge in [-0.3, -0.25) is 0 Å². The summed E-state index contributed by atoms with van der Waals surface area (Å²) in [6, 6.07) is 2.44. The molecule has 1 aliphatic heterocycles. The molecule has 4 aromatic rings. The maximum atomic E-state index is 15.1. The number of ether oxygens (including phenoxy) is 2. The Morgan fingerprint density at radius 1 is 1.18 bits per heavy atom. The zero-order valence-corrected chi connectivity index (χ0v) is 21.8. The highest BCUT2D eigenvalue weighted by Gasteiger charge is 2.33. The normalized spacial score (nSPS) is 18.4. The molecule has 1 aliphatic rings. The number of fused-ring (bicyclic) bond motifs is 1. The lowest BCUT2D eigenvalue weighted by atomic mass is 10.1. The number of rotatable bonds is 6. The molecule has 1 saturated heterocycles. The minimum atomic E-state index is -4.66. The van der Waals surface area contributed by atoms with E-state index in [0.29, 0.717) is 41.4 Å². The molecule has 2 atom stereocenters. The fourth-order valence-corrected chi connectivity index (χ4v) is 5.18. The van der Waals surface area contributed by atoms with E-state index in [1.54, 1.807) is 22.9 Å². The lowest BCUT2D eigenvalue weighted by Crippen LogP contribution is -2.43. The Morgan fingerprint density at radius 3 is 2.66 bits per heavy atom. The molecule has 9 nitrogen and oxygen atoms in total. The molecular weight excluding hydrogens is 526 g/mol. The van der Waals surface area contributed by atoms with Crippen molar-refractivity contribution in [3.8, 4) is 11.3 Å². The standard InChI is InChI=1S/C24H25F4N7O2S/c1-13-9-34(11-18(37-13)14-8-29-35(10-14)12-36-4)22-30-19(20-21(31-22)32-23(38-20)33(2)3)16-6-5-15(7-17(16)25)24(26,27)28/h5-8,10,13,18H,9,11-12H2,1-4H3. The third-order valence-electron chi connectivity index (χ3n) is 5.99. The fourth-order valence-electron chi connectivity index (χ4n) is 4.25. The van der Waals surface area contributed by atoms with Gasteiger partial charge in [-0.25, -0.2) is 14.1 Å². The van der Waals surface area contributed by atoms with Crippen LogP contribution in [0.15, 0.2) is 30.6 Å².